The maximum Gasteiger partial charge on any atom is 0.248 e. The molecular weight excluding hydrogens is 380 g/mol. The second-order valence-electron chi connectivity index (χ2n) is 8.26. The highest BCUT2D eigenvalue weighted by Crippen LogP contribution is 2.53. The molecule has 2 bridgehead atoms. The van der Waals surface area contributed by atoms with E-state index in [9.17, 15) is 19.5 Å². The van der Waals surface area contributed by atoms with Gasteiger partial charge in [-0.25, -0.2) is 0 Å². The van der Waals surface area contributed by atoms with E-state index in [0.717, 1.165) is 12.0 Å². The summed E-state index contributed by atoms with van der Waals surface area (Å²) in [5, 5.41) is 12.7. The summed E-state index contributed by atoms with van der Waals surface area (Å²) in [5.41, 5.74) is 1.11. The number of fused-ring (bicyclic) bond motifs is 5. The van der Waals surface area contributed by atoms with E-state index in [2.05, 4.69) is 5.32 Å². The molecule has 5 atom stereocenters. The van der Waals surface area contributed by atoms with E-state index in [4.69, 9.17) is 0 Å². The number of nitrogens with zero attached hydrogens (tertiary/aromatic N) is 1. The molecule has 30 heavy (non-hydrogen) atoms. The topological polar surface area (TPSA) is 86.7 Å². The van der Waals surface area contributed by atoms with Crippen LogP contribution in [0.1, 0.15) is 12.0 Å². The van der Waals surface area contributed by atoms with E-state index < -0.39 is 11.9 Å². The summed E-state index contributed by atoms with van der Waals surface area (Å²) >= 11 is 0. The molecule has 1 saturated carbocycles. The van der Waals surface area contributed by atoms with Crippen LogP contribution in [0.5, 0.6) is 5.75 Å². The lowest BCUT2D eigenvalue weighted by molar-refractivity contribution is -0.147. The van der Waals surface area contributed by atoms with E-state index >= 15 is 0 Å². The van der Waals surface area contributed by atoms with E-state index in [1.165, 1.54) is 11.0 Å². The summed E-state index contributed by atoms with van der Waals surface area (Å²) < 4.78 is 0. The zero-order chi connectivity index (χ0) is 20.8. The Hall–Kier alpha value is -3.41. The Morgan fingerprint density at radius 2 is 1.57 bits per heavy atom. The van der Waals surface area contributed by atoms with Gasteiger partial charge in [-0.1, -0.05) is 54.6 Å². The number of imide groups is 1. The smallest absolute Gasteiger partial charge is 0.248 e. The Kier molecular flexibility index (Phi) is 4.42. The van der Waals surface area contributed by atoms with Crippen LogP contribution >= 0.6 is 0 Å². The number of likely N-dealkylation sites (tertiary alicyclic amines) is 1. The number of phenolic OH excluding ortho intramolecular Hbond substituents is 1. The van der Waals surface area contributed by atoms with Gasteiger partial charge < -0.3 is 10.4 Å². The van der Waals surface area contributed by atoms with Gasteiger partial charge in [-0.05, 0) is 36.0 Å². The molecule has 0 radical (unpaired) electrons. The lowest BCUT2D eigenvalue weighted by atomic mass is 9.85. The van der Waals surface area contributed by atoms with E-state index in [-0.39, 0.29) is 53.3 Å². The average molecular weight is 402 g/mol. The van der Waals surface area contributed by atoms with Gasteiger partial charge in [-0.15, -0.1) is 0 Å². The molecule has 0 aromatic heterocycles. The monoisotopic (exact) mass is 402 g/mol. The molecule has 0 unspecified atom stereocenters. The molecule has 2 fully saturated rings. The number of carbonyl (C=O) groups excluding carboxylic acids is 3. The summed E-state index contributed by atoms with van der Waals surface area (Å²) in [7, 11) is 0. The Bertz CT molecular complexity index is 1020. The van der Waals surface area contributed by atoms with Gasteiger partial charge in [0.25, 0.3) is 0 Å². The standard InChI is InChI=1S/C24H22N2O4/c27-19-9-5-4-8-17(19)25-22(28)18(12-14-6-2-1-3-7-14)26-23(29)20-15-10-11-16(13-15)21(20)24(26)30/h1-11,15-16,18,20-21,27H,12-13H2,(H,25,28)/t15-,16-,18+,20-,21+/m0/s1. The zero-order valence-electron chi connectivity index (χ0n) is 16.3. The number of hydrogen-bond acceptors (Lipinski definition) is 4. The summed E-state index contributed by atoms with van der Waals surface area (Å²) in [6.07, 6.45) is 5.14. The molecule has 1 heterocycles. The van der Waals surface area contributed by atoms with Crippen molar-refractivity contribution in [1.82, 2.24) is 4.90 Å². The largest absolute Gasteiger partial charge is 0.506 e. The molecule has 2 aromatic rings. The van der Waals surface area contributed by atoms with Gasteiger partial charge in [0.2, 0.25) is 17.7 Å². The van der Waals surface area contributed by atoms with Crippen LogP contribution in [0.3, 0.4) is 0 Å². The Morgan fingerprint density at radius 1 is 0.967 bits per heavy atom. The first-order valence-corrected chi connectivity index (χ1v) is 10.2. The number of hydrogen-bond donors (Lipinski definition) is 2. The maximum atomic E-state index is 13.3. The van der Waals surface area contributed by atoms with Gasteiger partial charge in [0.15, 0.2) is 0 Å². The first-order valence-electron chi connectivity index (χ1n) is 10.2. The first-order chi connectivity index (χ1) is 14.5. The van der Waals surface area contributed by atoms with E-state index in [0.29, 0.717) is 0 Å². The molecule has 6 heteroatoms. The number of para-hydroxylation sites is 2. The molecule has 3 amide bonds. The molecule has 2 aromatic carbocycles. The third kappa shape index (κ3) is 2.91. The molecule has 1 aliphatic heterocycles. The number of allylic oxidation sites excluding steroid dienone is 2. The normalized spacial score (nSPS) is 27.4. The number of benzene rings is 2. The second kappa shape index (κ2) is 7.13. The first kappa shape index (κ1) is 18.6. The quantitative estimate of drug-likeness (QED) is 0.457. The minimum Gasteiger partial charge on any atom is -0.506 e. The fraction of sp³-hybridized carbons (Fsp3) is 0.292. The van der Waals surface area contributed by atoms with Crippen molar-refractivity contribution < 1.29 is 19.5 Å². The fourth-order valence-corrected chi connectivity index (χ4v) is 5.17. The average Bonchev–Trinajstić information content (AvgIpc) is 3.43. The highest BCUT2D eigenvalue weighted by atomic mass is 16.3. The van der Waals surface area contributed by atoms with Gasteiger partial charge in [0.05, 0.1) is 17.5 Å². The fourth-order valence-electron chi connectivity index (χ4n) is 5.17. The van der Waals surface area contributed by atoms with Crippen molar-refractivity contribution in [2.75, 3.05) is 5.32 Å². The SMILES string of the molecule is O=C(Nc1ccccc1O)[C@@H](Cc1ccccc1)N1C(=O)[C@@H]2[C@H](C1=O)[C@H]1C=C[C@H]2C1. The molecule has 3 aliphatic rings. The van der Waals surface area contributed by atoms with Gasteiger partial charge in [0, 0.05) is 6.42 Å². The lowest BCUT2D eigenvalue weighted by Crippen LogP contribution is -2.49. The highest BCUT2D eigenvalue weighted by Gasteiger charge is 2.61. The number of anilines is 1. The van der Waals surface area contributed by atoms with Gasteiger partial charge in [-0.3, -0.25) is 19.3 Å². The minimum atomic E-state index is -0.975. The summed E-state index contributed by atoms with van der Waals surface area (Å²) in [6.45, 7) is 0. The van der Waals surface area contributed by atoms with Crippen molar-refractivity contribution in [1.29, 1.82) is 0 Å². The van der Waals surface area contributed by atoms with Crippen molar-refractivity contribution in [3.8, 4) is 5.75 Å². The Balaban J connectivity index is 1.47. The number of carbonyl (C=O) groups is 3. The second-order valence-corrected chi connectivity index (χ2v) is 8.26. The molecule has 0 spiro atoms. The number of nitrogens with one attached hydrogen (secondary N) is 1. The number of phenols is 1. The highest BCUT2D eigenvalue weighted by molar-refractivity contribution is 6.11. The number of aromatic hydroxyl groups is 1. The Morgan fingerprint density at radius 3 is 2.20 bits per heavy atom. The zero-order valence-corrected chi connectivity index (χ0v) is 16.3. The summed E-state index contributed by atoms with van der Waals surface area (Å²) in [5.74, 6) is -1.61. The predicted molar refractivity (Wildman–Crippen MR) is 110 cm³/mol. The molecule has 5 rings (SSSR count). The molecular formula is C24H22N2O4. The third-order valence-corrected chi connectivity index (χ3v) is 6.55. The third-order valence-electron chi connectivity index (χ3n) is 6.55. The van der Waals surface area contributed by atoms with Crippen LogP contribution in [0.2, 0.25) is 0 Å². The van der Waals surface area contributed by atoms with Gasteiger partial charge in [0.1, 0.15) is 11.8 Å². The van der Waals surface area contributed by atoms with Crippen LogP contribution in [-0.2, 0) is 20.8 Å². The van der Waals surface area contributed by atoms with E-state index in [1.807, 2.05) is 42.5 Å². The van der Waals surface area contributed by atoms with Crippen LogP contribution in [0.15, 0.2) is 66.7 Å². The summed E-state index contributed by atoms with van der Waals surface area (Å²) in [6, 6.07) is 14.8. The van der Waals surface area contributed by atoms with Crippen molar-refractivity contribution in [3.63, 3.8) is 0 Å². The number of amides is 3. The van der Waals surface area contributed by atoms with Crippen LogP contribution in [0.25, 0.3) is 0 Å². The number of rotatable bonds is 5. The lowest BCUT2D eigenvalue weighted by Gasteiger charge is -2.27. The van der Waals surface area contributed by atoms with Crippen LogP contribution in [-0.4, -0.2) is 33.8 Å². The van der Waals surface area contributed by atoms with Crippen molar-refractivity contribution in [2.24, 2.45) is 23.7 Å². The van der Waals surface area contributed by atoms with Crippen LogP contribution < -0.4 is 5.32 Å². The molecule has 2 N–H and O–H groups in total. The van der Waals surface area contributed by atoms with Gasteiger partial charge in [-0.2, -0.15) is 0 Å². The minimum absolute atomic E-state index is 0.0671. The van der Waals surface area contributed by atoms with Crippen molar-refractivity contribution in [2.45, 2.75) is 18.9 Å². The molecule has 1 saturated heterocycles. The summed E-state index contributed by atoms with van der Waals surface area (Å²) in [4.78, 5) is 41.0. The Labute approximate surface area is 174 Å². The van der Waals surface area contributed by atoms with Crippen molar-refractivity contribution >= 4 is 23.4 Å². The molecule has 6 nitrogen and oxygen atoms in total. The molecule has 2 aliphatic carbocycles. The van der Waals surface area contributed by atoms with E-state index in [1.54, 1.807) is 18.2 Å². The van der Waals surface area contributed by atoms with Crippen LogP contribution in [0.4, 0.5) is 5.69 Å². The maximum absolute atomic E-state index is 13.3. The molecule has 152 valence electrons. The van der Waals surface area contributed by atoms with Gasteiger partial charge >= 0.3 is 0 Å². The van der Waals surface area contributed by atoms with Crippen molar-refractivity contribution in [3.05, 3.63) is 72.3 Å². The predicted octanol–water partition coefficient (Wildman–Crippen LogP) is 2.75. The van der Waals surface area contributed by atoms with Crippen LogP contribution in [0, 0.1) is 23.7 Å².